The number of nitrogens with zero attached hydrogens (tertiary/aromatic N) is 1. The molecule has 8 nitrogen and oxygen atoms in total. The molecule has 0 aliphatic carbocycles. The molecule has 0 fully saturated rings. The zero-order chi connectivity index (χ0) is 18.4. The van der Waals surface area contributed by atoms with Crippen LogP contribution < -0.4 is 15.4 Å². The van der Waals surface area contributed by atoms with Crippen LogP contribution in [0.3, 0.4) is 0 Å². The topological polar surface area (TPSA) is 111 Å². The quantitative estimate of drug-likeness (QED) is 0.614. The Kier molecular flexibility index (Phi) is 5.62. The van der Waals surface area contributed by atoms with Crippen molar-refractivity contribution in [2.45, 2.75) is 0 Å². The Hall–Kier alpha value is -3.49. The van der Waals surface area contributed by atoms with Gasteiger partial charge >= 0.3 is 5.69 Å². The van der Waals surface area contributed by atoms with Gasteiger partial charge in [-0.3, -0.25) is 19.7 Å². The number of nitrogens with one attached hydrogen (secondary N) is 2. The minimum absolute atomic E-state index is 0.00816. The smallest absolute Gasteiger partial charge is 0.311 e. The Labute approximate surface area is 141 Å². The molecular formula is C16H14FN3O5. The van der Waals surface area contributed by atoms with Crippen LogP contribution in [0.25, 0.3) is 0 Å². The summed E-state index contributed by atoms with van der Waals surface area (Å²) in [5.74, 6) is -1.91. The number of hydrogen-bond acceptors (Lipinski definition) is 5. The molecule has 0 radical (unpaired) electrons. The third-order valence-electron chi connectivity index (χ3n) is 3.20. The van der Waals surface area contributed by atoms with Gasteiger partial charge in [0.1, 0.15) is 5.82 Å². The number of para-hydroxylation sites is 1. The van der Waals surface area contributed by atoms with Crippen LogP contribution in [0.4, 0.5) is 15.8 Å². The maximum absolute atomic E-state index is 13.4. The first-order valence-corrected chi connectivity index (χ1v) is 7.07. The number of nitro groups is 1. The van der Waals surface area contributed by atoms with E-state index in [2.05, 4.69) is 10.6 Å². The van der Waals surface area contributed by atoms with Crippen LogP contribution in [0, 0.1) is 15.9 Å². The van der Waals surface area contributed by atoms with Gasteiger partial charge in [-0.25, -0.2) is 4.39 Å². The fourth-order valence-corrected chi connectivity index (χ4v) is 1.99. The monoisotopic (exact) mass is 347 g/mol. The minimum atomic E-state index is -0.686. The summed E-state index contributed by atoms with van der Waals surface area (Å²) < 4.78 is 18.3. The van der Waals surface area contributed by atoms with E-state index in [-0.39, 0.29) is 22.7 Å². The molecule has 0 heterocycles. The molecule has 25 heavy (non-hydrogen) atoms. The lowest BCUT2D eigenvalue weighted by Crippen LogP contribution is -2.33. The number of carbonyl (C=O) groups is 2. The van der Waals surface area contributed by atoms with Crippen LogP contribution in [0.1, 0.15) is 10.4 Å². The maximum Gasteiger partial charge on any atom is 0.311 e. The Balaban J connectivity index is 2.00. The molecule has 2 N–H and O–H groups in total. The van der Waals surface area contributed by atoms with E-state index in [4.69, 9.17) is 4.74 Å². The third kappa shape index (κ3) is 4.50. The lowest BCUT2D eigenvalue weighted by molar-refractivity contribution is -0.385. The molecule has 0 aromatic heterocycles. The number of anilines is 1. The number of methoxy groups -OCH3 is 1. The summed E-state index contributed by atoms with van der Waals surface area (Å²) in [4.78, 5) is 34.0. The summed E-state index contributed by atoms with van der Waals surface area (Å²) in [5, 5.41) is 15.6. The average molecular weight is 347 g/mol. The van der Waals surface area contributed by atoms with E-state index in [1.807, 2.05) is 0 Å². The highest BCUT2D eigenvalue weighted by Gasteiger charge is 2.18. The normalized spacial score (nSPS) is 10.0. The summed E-state index contributed by atoms with van der Waals surface area (Å²) in [6, 6.07) is 9.25. The number of amides is 2. The first-order chi connectivity index (χ1) is 11.9. The highest BCUT2D eigenvalue weighted by molar-refractivity contribution is 5.99. The van der Waals surface area contributed by atoms with Gasteiger partial charge in [-0.05, 0) is 24.3 Å². The minimum Gasteiger partial charge on any atom is -0.490 e. The van der Waals surface area contributed by atoms with Crippen molar-refractivity contribution < 1.29 is 23.6 Å². The predicted molar refractivity (Wildman–Crippen MR) is 87.0 cm³/mol. The second-order valence-electron chi connectivity index (χ2n) is 4.85. The molecule has 0 saturated heterocycles. The van der Waals surface area contributed by atoms with Crippen LogP contribution in [0.5, 0.6) is 5.75 Å². The second kappa shape index (κ2) is 7.86. The van der Waals surface area contributed by atoms with Crippen molar-refractivity contribution in [2.75, 3.05) is 19.0 Å². The molecule has 2 rings (SSSR count). The molecule has 0 aliphatic rings. The maximum atomic E-state index is 13.4. The Morgan fingerprint density at radius 1 is 1.24 bits per heavy atom. The van der Waals surface area contributed by atoms with Gasteiger partial charge in [-0.15, -0.1) is 0 Å². The van der Waals surface area contributed by atoms with Crippen LogP contribution >= 0.6 is 0 Å². The number of nitro benzene ring substituents is 1. The molecule has 2 amide bonds. The number of ether oxygens (including phenoxy) is 1. The number of hydrogen-bond donors (Lipinski definition) is 2. The first-order valence-electron chi connectivity index (χ1n) is 7.07. The van der Waals surface area contributed by atoms with E-state index in [1.165, 1.54) is 37.4 Å². The van der Waals surface area contributed by atoms with E-state index in [0.717, 1.165) is 6.07 Å². The van der Waals surface area contributed by atoms with Gasteiger partial charge in [-0.1, -0.05) is 12.1 Å². The Bertz CT molecular complexity index is 825. The van der Waals surface area contributed by atoms with Gasteiger partial charge in [-0.2, -0.15) is 0 Å². The lowest BCUT2D eigenvalue weighted by Gasteiger charge is -2.08. The van der Waals surface area contributed by atoms with E-state index in [0.29, 0.717) is 0 Å². The summed E-state index contributed by atoms with van der Waals surface area (Å²) >= 11 is 0. The summed E-state index contributed by atoms with van der Waals surface area (Å²) in [6.45, 7) is -0.424. The lowest BCUT2D eigenvalue weighted by atomic mass is 10.1. The van der Waals surface area contributed by atoms with E-state index in [9.17, 15) is 24.1 Å². The second-order valence-corrected chi connectivity index (χ2v) is 4.85. The summed E-state index contributed by atoms with van der Waals surface area (Å²) in [5.41, 5.74) is -0.390. The summed E-state index contributed by atoms with van der Waals surface area (Å²) in [6.07, 6.45) is 0. The molecule has 130 valence electrons. The van der Waals surface area contributed by atoms with E-state index in [1.54, 1.807) is 6.07 Å². The van der Waals surface area contributed by atoms with Crippen LogP contribution in [-0.2, 0) is 4.79 Å². The van der Waals surface area contributed by atoms with Crippen LogP contribution in [-0.4, -0.2) is 30.4 Å². The molecule has 0 aliphatic heterocycles. The molecular weight excluding hydrogens is 333 g/mol. The molecule has 0 atom stereocenters. The van der Waals surface area contributed by atoms with Crippen molar-refractivity contribution in [3.05, 3.63) is 64.0 Å². The molecule has 9 heteroatoms. The van der Waals surface area contributed by atoms with Crippen molar-refractivity contribution in [3.63, 3.8) is 0 Å². The molecule has 2 aromatic rings. The highest BCUT2D eigenvalue weighted by atomic mass is 19.1. The van der Waals surface area contributed by atoms with Gasteiger partial charge in [0.15, 0.2) is 5.75 Å². The first kappa shape index (κ1) is 17.9. The van der Waals surface area contributed by atoms with E-state index < -0.39 is 29.1 Å². The predicted octanol–water partition coefficient (Wildman–Crippen LogP) is 2.11. The molecule has 0 spiro atoms. The SMILES string of the molecule is COc1ccc(C(=O)NCC(=O)Nc2ccccc2F)cc1[N+](=O)[O-]. The molecule has 2 aromatic carbocycles. The number of halogens is 1. The zero-order valence-corrected chi connectivity index (χ0v) is 13.1. The average Bonchev–Trinajstić information content (AvgIpc) is 2.61. The van der Waals surface area contributed by atoms with Gasteiger partial charge in [0, 0.05) is 11.6 Å². The standard InChI is InChI=1S/C16H14FN3O5/c1-25-14-7-6-10(8-13(14)20(23)24)16(22)18-9-15(21)19-12-5-3-2-4-11(12)17/h2-8H,9H2,1H3,(H,18,22)(H,19,21). The van der Waals surface area contributed by atoms with Gasteiger partial charge in [0.2, 0.25) is 5.91 Å². The van der Waals surface area contributed by atoms with Gasteiger partial charge in [0.25, 0.3) is 5.91 Å². The van der Waals surface area contributed by atoms with Gasteiger partial charge < -0.3 is 15.4 Å². The zero-order valence-electron chi connectivity index (χ0n) is 13.1. The Morgan fingerprint density at radius 2 is 1.96 bits per heavy atom. The molecule has 0 bridgehead atoms. The fourth-order valence-electron chi connectivity index (χ4n) is 1.99. The summed E-state index contributed by atoms with van der Waals surface area (Å²) in [7, 11) is 1.27. The van der Waals surface area contributed by atoms with Crippen LogP contribution in [0.2, 0.25) is 0 Å². The van der Waals surface area contributed by atoms with Crippen LogP contribution in [0.15, 0.2) is 42.5 Å². The van der Waals surface area contributed by atoms with Crippen molar-refractivity contribution in [1.82, 2.24) is 5.32 Å². The van der Waals surface area contributed by atoms with Gasteiger partial charge in [0.05, 0.1) is 24.3 Å². The van der Waals surface area contributed by atoms with Crippen molar-refractivity contribution in [2.24, 2.45) is 0 Å². The Morgan fingerprint density at radius 3 is 2.60 bits per heavy atom. The number of carbonyl (C=O) groups excluding carboxylic acids is 2. The third-order valence-corrected chi connectivity index (χ3v) is 3.20. The fraction of sp³-hybridized carbons (Fsp3) is 0.125. The number of benzene rings is 2. The van der Waals surface area contributed by atoms with Crippen molar-refractivity contribution in [1.29, 1.82) is 0 Å². The van der Waals surface area contributed by atoms with Crippen molar-refractivity contribution >= 4 is 23.2 Å². The van der Waals surface area contributed by atoms with E-state index >= 15 is 0 Å². The molecule has 0 saturated carbocycles. The molecule has 0 unspecified atom stereocenters. The highest BCUT2D eigenvalue weighted by Crippen LogP contribution is 2.27. The van der Waals surface area contributed by atoms with Crippen molar-refractivity contribution in [3.8, 4) is 5.75 Å². The largest absolute Gasteiger partial charge is 0.490 e. The number of rotatable bonds is 6.